The first-order chi connectivity index (χ1) is 9.84. The third-order valence-electron chi connectivity index (χ3n) is 2.69. The number of benzene rings is 1. The fourth-order valence-electron chi connectivity index (χ4n) is 1.71. The van der Waals surface area contributed by atoms with Gasteiger partial charge in [-0.15, -0.1) is 0 Å². The lowest BCUT2D eigenvalue weighted by atomic mass is 10.1. The number of ether oxygens (including phenoxy) is 1. The molecule has 0 fully saturated rings. The summed E-state index contributed by atoms with van der Waals surface area (Å²) in [6, 6.07) is 5.18. The highest BCUT2D eigenvalue weighted by molar-refractivity contribution is 5.53. The smallest absolute Gasteiger partial charge is 0.385 e. The molecule has 1 rings (SSSR count). The van der Waals surface area contributed by atoms with E-state index in [9.17, 15) is 13.2 Å². The van der Waals surface area contributed by atoms with Gasteiger partial charge in [-0.25, -0.2) is 0 Å². The van der Waals surface area contributed by atoms with Gasteiger partial charge in [-0.2, -0.15) is 18.4 Å². The molecule has 0 heterocycles. The number of halogens is 3. The summed E-state index contributed by atoms with van der Waals surface area (Å²) in [5.74, 6) is 0.464. The van der Waals surface area contributed by atoms with Crippen LogP contribution in [0.15, 0.2) is 18.2 Å². The summed E-state index contributed by atoms with van der Waals surface area (Å²) in [5, 5.41) is 11.6. The van der Waals surface area contributed by atoms with E-state index in [0.29, 0.717) is 37.8 Å². The number of hydrogen-bond acceptors (Lipinski definition) is 3. The normalized spacial score (nSPS) is 11.5. The van der Waals surface area contributed by atoms with Crippen molar-refractivity contribution < 1.29 is 17.9 Å². The lowest BCUT2D eigenvalue weighted by Crippen LogP contribution is -2.11. The molecule has 3 nitrogen and oxygen atoms in total. The molecule has 0 aliphatic rings. The van der Waals surface area contributed by atoms with E-state index in [0.717, 1.165) is 6.07 Å². The van der Waals surface area contributed by atoms with E-state index in [2.05, 4.69) is 5.32 Å². The average molecular weight is 300 g/mol. The Morgan fingerprint density at radius 1 is 1.33 bits per heavy atom. The molecular formula is C15H19F3N2O. The topological polar surface area (TPSA) is 45.0 Å². The maximum absolute atomic E-state index is 12.8. The molecule has 0 unspecified atom stereocenters. The van der Waals surface area contributed by atoms with Gasteiger partial charge in [-0.05, 0) is 30.5 Å². The number of nitriles is 1. The average Bonchev–Trinajstić information content (AvgIpc) is 2.41. The van der Waals surface area contributed by atoms with Crippen LogP contribution in [0, 0.1) is 17.2 Å². The molecule has 0 radical (unpaired) electrons. The number of nitrogens with zero attached hydrogens (tertiary/aromatic N) is 1. The summed E-state index contributed by atoms with van der Waals surface area (Å²) in [7, 11) is 0. The fraction of sp³-hybridized carbons (Fsp3) is 0.533. The number of alkyl halides is 3. The van der Waals surface area contributed by atoms with Gasteiger partial charge in [0.2, 0.25) is 0 Å². The molecule has 1 aromatic carbocycles. The third-order valence-corrected chi connectivity index (χ3v) is 2.69. The second-order valence-corrected chi connectivity index (χ2v) is 5.12. The van der Waals surface area contributed by atoms with Gasteiger partial charge < -0.3 is 10.1 Å². The van der Waals surface area contributed by atoms with Gasteiger partial charge in [-0.1, -0.05) is 13.8 Å². The zero-order valence-electron chi connectivity index (χ0n) is 12.1. The highest BCUT2D eigenvalue weighted by atomic mass is 19.4. The van der Waals surface area contributed by atoms with Crippen molar-refractivity contribution in [3.05, 3.63) is 29.3 Å². The molecule has 0 atom stereocenters. The Labute approximate surface area is 122 Å². The molecule has 0 aromatic heterocycles. The van der Waals surface area contributed by atoms with Crippen LogP contribution in [0.2, 0.25) is 0 Å². The Kier molecular flexibility index (Phi) is 6.50. The van der Waals surface area contributed by atoms with Crippen molar-refractivity contribution in [2.45, 2.75) is 26.4 Å². The van der Waals surface area contributed by atoms with E-state index in [1.54, 1.807) is 6.07 Å². The van der Waals surface area contributed by atoms with Crippen LogP contribution in [0.3, 0.4) is 0 Å². The van der Waals surface area contributed by atoms with Gasteiger partial charge >= 0.3 is 6.18 Å². The van der Waals surface area contributed by atoms with E-state index < -0.39 is 11.7 Å². The Hall–Kier alpha value is -1.74. The summed E-state index contributed by atoms with van der Waals surface area (Å²) in [6.45, 7) is 5.85. The maximum atomic E-state index is 12.8. The quantitative estimate of drug-likeness (QED) is 0.773. The lowest BCUT2D eigenvalue weighted by Gasteiger charge is -2.12. The monoisotopic (exact) mass is 300 g/mol. The molecule has 0 spiro atoms. The minimum atomic E-state index is -4.52. The van der Waals surface area contributed by atoms with Crippen molar-refractivity contribution in [2.24, 2.45) is 5.92 Å². The van der Waals surface area contributed by atoms with E-state index in [1.165, 1.54) is 12.1 Å². The molecule has 116 valence electrons. The summed E-state index contributed by atoms with van der Waals surface area (Å²) in [5.41, 5.74) is -0.926. The van der Waals surface area contributed by atoms with Gasteiger partial charge in [0.25, 0.3) is 0 Å². The molecule has 1 aromatic rings. The first-order valence-electron chi connectivity index (χ1n) is 6.77. The third kappa shape index (κ3) is 6.05. The van der Waals surface area contributed by atoms with E-state index >= 15 is 0 Å². The van der Waals surface area contributed by atoms with Crippen molar-refractivity contribution in [3.63, 3.8) is 0 Å². The van der Waals surface area contributed by atoms with Crippen LogP contribution in [0.5, 0.6) is 0 Å². The number of hydrogen-bond donors (Lipinski definition) is 1. The fourth-order valence-corrected chi connectivity index (χ4v) is 1.71. The minimum Gasteiger partial charge on any atom is -0.385 e. The molecule has 0 saturated heterocycles. The predicted octanol–water partition coefficient (Wildman–Crippen LogP) is 4.05. The van der Waals surface area contributed by atoms with E-state index in [1.807, 2.05) is 13.8 Å². The van der Waals surface area contributed by atoms with Gasteiger partial charge in [0.1, 0.15) is 0 Å². The van der Waals surface area contributed by atoms with E-state index in [-0.39, 0.29) is 5.56 Å². The van der Waals surface area contributed by atoms with Crippen LogP contribution in [0.1, 0.15) is 31.4 Å². The molecule has 0 aliphatic heterocycles. The first-order valence-corrected chi connectivity index (χ1v) is 6.77. The van der Waals surface area contributed by atoms with Gasteiger partial charge in [-0.3, -0.25) is 0 Å². The molecular weight excluding hydrogens is 281 g/mol. The standard InChI is InChI=1S/C15H19F3N2O/c1-11(2)10-21-7-3-6-20-13-5-4-12(9-19)14(8-13)15(16,17)18/h4-5,8,11,20H,3,6-7,10H2,1-2H3. The number of nitrogens with one attached hydrogen (secondary N) is 1. The van der Waals surface area contributed by atoms with Gasteiger partial charge in [0.15, 0.2) is 0 Å². The second kappa shape index (κ2) is 7.89. The highest BCUT2D eigenvalue weighted by Gasteiger charge is 2.33. The molecule has 6 heteroatoms. The largest absolute Gasteiger partial charge is 0.417 e. The number of rotatable bonds is 7. The van der Waals surface area contributed by atoms with Crippen molar-refractivity contribution >= 4 is 5.69 Å². The summed E-state index contributed by atoms with van der Waals surface area (Å²) in [6.07, 6.45) is -3.82. The van der Waals surface area contributed by atoms with Crippen LogP contribution >= 0.6 is 0 Å². The predicted molar refractivity (Wildman–Crippen MR) is 74.9 cm³/mol. The Bertz CT molecular complexity index is 493. The molecule has 0 saturated carbocycles. The summed E-state index contributed by atoms with van der Waals surface area (Å²) < 4.78 is 43.7. The van der Waals surface area contributed by atoms with Crippen molar-refractivity contribution in [1.29, 1.82) is 5.26 Å². The lowest BCUT2D eigenvalue weighted by molar-refractivity contribution is -0.137. The van der Waals surface area contributed by atoms with Crippen molar-refractivity contribution in [1.82, 2.24) is 0 Å². The first kappa shape index (κ1) is 17.3. The van der Waals surface area contributed by atoms with Crippen molar-refractivity contribution in [2.75, 3.05) is 25.1 Å². The zero-order chi connectivity index (χ0) is 15.9. The van der Waals surface area contributed by atoms with Crippen LogP contribution < -0.4 is 5.32 Å². The van der Waals surface area contributed by atoms with Gasteiger partial charge in [0.05, 0.1) is 17.2 Å². The zero-order valence-corrected chi connectivity index (χ0v) is 12.1. The molecule has 0 amide bonds. The number of anilines is 1. The summed E-state index contributed by atoms with van der Waals surface area (Å²) >= 11 is 0. The molecule has 21 heavy (non-hydrogen) atoms. The van der Waals surface area contributed by atoms with Gasteiger partial charge in [0, 0.05) is 25.4 Å². The van der Waals surface area contributed by atoms with Crippen molar-refractivity contribution in [3.8, 4) is 6.07 Å². The minimum absolute atomic E-state index is 0.352. The van der Waals surface area contributed by atoms with Crippen LogP contribution in [-0.2, 0) is 10.9 Å². The molecule has 0 aliphatic carbocycles. The maximum Gasteiger partial charge on any atom is 0.417 e. The van der Waals surface area contributed by atoms with Crippen LogP contribution in [0.4, 0.5) is 18.9 Å². The SMILES string of the molecule is CC(C)COCCCNc1ccc(C#N)c(C(F)(F)F)c1. The Morgan fingerprint density at radius 3 is 2.62 bits per heavy atom. The highest BCUT2D eigenvalue weighted by Crippen LogP contribution is 2.33. The van der Waals surface area contributed by atoms with Crippen LogP contribution in [0.25, 0.3) is 0 Å². The second-order valence-electron chi connectivity index (χ2n) is 5.12. The summed E-state index contributed by atoms with van der Waals surface area (Å²) in [4.78, 5) is 0. The van der Waals surface area contributed by atoms with E-state index in [4.69, 9.17) is 10.00 Å². The Balaban J connectivity index is 2.52. The van der Waals surface area contributed by atoms with Crippen LogP contribution in [-0.4, -0.2) is 19.8 Å². The molecule has 1 N–H and O–H groups in total. The Morgan fingerprint density at radius 2 is 2.05 bits per heavy atom. The molecule has 0 bridgehead atoms.